The zero-order valence-corrected chi connectivity index (χ0v) is 6.28. The Hall–Kier alpha value is 0. The Labute approximate surface area is 56.6 Å². The highest BCUT2D eigenvalue weighted by Gasteiger charge is 2.88. The van der Waals surface area contributed by atoms with Crippen molar-refractivity contribution in [1.82, 2.24) is 0 Å². The highest BCUT2D eigenvalue weighted by molar-refractivity contribution is 5.37. The summed E-state index contributed by atoms with van der Waals surface area (Å²) in [5.41, 5.74) is 1.87. The Bertz CT molecular complexity index is 178. The van der Waals surface area contributed by atoms with Gasteiger partial charge in [-0.1, -0.05) is 13.8 Å². The Morgan fingerprint density at radius 3 is 2.22 bits per heavy atom. The lowest BCUT2D eigenvalue weighted by atomic mass is 9.76. The molecule has 0 heterocycles. The molecule has 3 aliphatic rings. The molecule has 0 aliphatic heterocycles. The third kappa shape index (κ3) is 0.264. The monoisotopic (exact) mass is 122 g/mol. The van der Waals surface area contributed by atoms with Crippen LogP contribution in [0.15, 0.2) is 0 Å². The van der Waals surface area contributed by atoms with Crippen molar-refractivity contribution < 1.29 is 0 Å². The second kappa shape index (κ2) is 0.889. The van der Waals surface area contributed by atoms with Crippen molar-refractivity contribution in [2.45, 2.75) is 33.1 Å². The zero-order valence-electron chi connectivity index (χ0n) is 6.28. The van der Waals surface area contributed by atoms with E-state index in [1.807, 2.05) is 0 Å². The number of rotatable bonds is 1. The van der Waals surface area contributed by atoms with Crippen LogP contribution in [-0.4, -0.2) is 0 Å². The van der Waals surface area contributed by atoms with Gasteiger partial charge in [-0.15, -0.1) is 0 Å². The largest absolute Gasteiger partial charge is 0.0622 e. The summed E-state index contributed by atoms with van der Waals surface area (Å²) in [6.07, 6.45) is 4.79. The summed E-state index contributed by atoms with van der Waals surface area (Å²) in [4.78, 5) is 0. The van der Waals surface area contributed by atoms with Crippen LogP contribution < -0.4 is 0 Å². The van der Waals surface area contributed by atoms with Crippen LogP contribution in [0.5, 0.6) is 0 Å². The summed E-state index contributed by atoms with van der Waals surface area (Å²) in [5.74, 6) is 2.19. The van der Waals surface area contributed by atoms with Crippen LogP contribution in [0.2, 0.25) is 0 Å². The first-order valence-electron chi connectivity index (χ1n) is 4.21. The average Bonchev–Trinajstić information content (AvgIpc) is 2.55. The van der Waals surface area contributed by atoms with Crippen molar-refractivity contribution in [3.63, 3.8) is 0 Å². The van der Waals surface area contributed by atoms with Gasteiger partial charge >= 0.3 is 0 Å². The zero-order chi connectivity index (χ0) is 6.28. The lowest BCUT2D eigenvalue weighted by Crippen LogP contribution is -2.21. The number of hydrogen-bond acceptors (Lipinski definition) is 0. The van der Waals surface area contributed by atoms with E-state index in [0.29, 0.717) is 0 Å². The van der Waals surface area contributed by atoms with Gasteiger partial charge in [0.25, 0.3) is 0 Å². The van der Waals surface area contributed by atoms with Gasteiger partial charge in [0.15, 0.2) is 0 Å². The predicted molar refractivity (Wildman–Crippen MR) is 37.0 cm³/mol. The molecule has 0 amide bonds. The molecule has 0 bridgehead atoms. The van der Waals surface area contributed by atoms with Crippen LogP contribution in [0.25, 0.3) is 0 Å². The minimum absolute atomic E-state index is 0.900. The van der Waals surface area contributed by atoms with Crippen molar-refractivity contribution >= 4 is 0 Å². The second-order valence-corrected chi connectivity index (χ2v) is 4.75. The minimum atomic E-state index is 0.900. The van der Waals surface area contributed by atoms with Crippen LogP contribution in [0.1, 0.15) is 33.1 Å². The molecule has 0 aromatic heterocycles. The van der Waals surface area contributed by atoms with E-state index in [-0.39, 0.29) is 0 Å². The van der Waals surface area contributed by atoms with E-state index in [2.05, 4.69) is 13.8 Å². The molecule has 3 fully saturated rings. The van der Waals surface area contributed by atoms with Crippen molar-refractivity contribution in [1.29, 1.82) is 0 Å². The third-order valence-corrected chi connectivity index (χ3v) is 4.45. The average molecular weight is 122 g/mol. The van der Waals surface area contributed by atoms with Gasteiger partial charge in [-0.3, -0.25) is 0 Å². The summed E-state index contributed by atoms with van der Waals surface area (Å²) in [7, 11) is 0. The van der Waals surface area contributed by atoms with Gasteiger partial charge in [0, 0.05) is 0 Å². The first-order valence-corrected chi connectivity index (χ1v) is 4.21. The van der Waals surface area contributed by atoms with Gasteiger partial charge < -0.3 is 0 Å². The fourth-order valence-electron chi connectivity index (χ4n) is 3.59. The summed E-state index contributed by atoms with van der Waals surface area (Å²) in [6.45, 7) is 4.81. The molecule has 9 heavy (non-hydrogen) atoms. The Morgan fingerprint density at radius 2 is 2.11 bits per heavy atom. The fraction of sp³-hybridized carbons (Fsp3) is 1.00. The van der Waals surface area contributed by atoms with E-state index in [9.17, 15) is 0 Å². The maximum atomic E-state index is 2.41. The molecule has 0 aromatic carbocycles. The SMILES string of the molecule is CC(C)C12CC3CC31C2. The van der Waals surface area contributed by atoms with Crippen LogP contribution in [-0.2, 0) is 0 Å². The summed E-state index contributed by atoms with van der Waals surface area (Å²) in [6, 6.07) is 0. The van der Waals surface area contributed by atoms with Crippen LogP contribution in [0.4, 0.5) is 0 Å². The molecule has 0 radical (unpaired) electrons. The van der Waals surface area contributed by atoms with Gasteiger partial charge in [-0.2, -0.15) is 0 Å². The number of hydrogen-bond donors (Lipinski definition) is 0. The standard InChI is InChI=1S/C9H14/c1-6(2)8-3-7-4-9(7,8)5-8/h6-7H,3-5H2,1-2H3. The summed E-state index contributed by atoms with van der Waals surface area (Å²) >= 11 is 0. The van der Waals surface area contributed by atoms with E-state index in [4.69, 9.17) is 0 Å². The molecule has 3 atom stereocenters. The van der Waals surface area contributed by atoms with Gasteiger partial charge in [-0.25, -0.2) is 0 Å². The van der Waals surface area contributed by atoms with Gasteiger partial charge in [0.2, 0.25) is 0 Å². The summed E-state index contributed by atoms with van der Waals surface area (Å²) < 4.78 is 0. The molecule has 0 N–H and O–H groups in total. The molecular formula is C9H14. The Kier molecular flexibility index (Phi) is 0.470. The van der Waals surface area contributed by atoms with Crippen LogP contribution in [0.3, 0.4) is 0 Å². The van der Waals surface area contributed by atoms with E-state index < -0.39 is 0 Å². The lowest BCUT2D eigenvalue weighted by Gasteiger charge is -2.28. The molecule has 0 heteroatoms. The van der Waals surface area contributed by atoms with Crippen LogP contribution in [0, 0.1) is 22.7 Å². The van der Waals surface area contributed by atoms with E-state index in [1.54, 1.807) is 19.3 Å². The van der Waals surface area contributed by atoms with E-state index >= 15 is 0 Å². The summed E-state index contributed by atoms with van der Waals surface area (Å²) in [5, 5.41) is 0. The molecule has 0 saturated heterocycles. The molecule has 0 nitrogen and oxygen atoms in total. The van der Waals surface area contributed by atoms with Crippen molar-refractivity contribution in [3.8, 4) is 0 Å². The van der Waals surface area contributed by atoms with Gasteiger partial charge in [0.05, 0.1) is 0 Å². The highest BCUT2D eigenvalue weighted by atomic mass is 14.9. The first kappa shape index (κ1) is 4.76. The third-order valence-electron chi connectivity index (χ3n) is 4.45. The van der Waals surface area contributed by atoms with Crippen molar-refractivity contribution in [2.24, 2.45) is 22.7 Å². The molecule has 3 rings (SSSR count). The molecule has 1 spiro atoms. The maximum absolute atomic E-state index is 2.41. The van der Waals surface area contributed by atoms with Crippen molar-refractivity contribution in [2.75, 3.05) is 0 Å². The van der Waals surface area contributed by atoms with Gasteiger partial charge in [-0.05, 0) is 41.9 Å². The van der Waals surface area contributed by atoms with Crippen molar-refractivity contribution in [3.05, 3.63) is 0 Å². The minimum Gasteiger partial charge on any atom is -0.0622 e. The molecular weight excluding hydrogens is 108 g/mol. The predicted octanol–water partition coefficient (Wildman–Crippen LogP) is 2.44. The fourth-order valence-corrected chi connectivity index (χ4v) is 3.59. The Balaban J connectivity index is 1.95. The molecule has 3 saturated carbocycles. The Morgan fingerprint density at radius 1 is 1.33 bits per heavy atom. The first-order chi connectivity index (χ1) is 4.21. The molecule has 3 aliphatic carbocycles. The van der Waals surface area contributed by atoms with E-state index in [1.165, 1.54) is 5.92 Å². The molecule has 50 valence electrons. The smallest absolute Gasteiger partial charge is 0.0201 e. The second-order valence-electron chi connectivity index (χ2n) is 4.75. The molecule has 3 unspecified atom stereocenters. The topological polar surface area (TPSA) is 0 Å². The van der Waals surface area contributed by atoms with Gasteiger partial charge in [0.1, 0.15) is 0 Å². The quantitative estimate of drug-likeness (QED) is 0.501. The maximum Gasteiger partial charge on any atom is -0.0201 e. The van der Waals surface area contributed by atoms with E-state index in [0.717, 1.165) is 16.7 Å². The highest BCUT2D eigenvalue weighted by Crippen LogP contribution is 2.96. The lowest BCUT2D eigenvalue weighted by molar-refractivity contribution is 0.202. The molecule has 0 aromatic rings. The van der Waals surface area contributed by atoms with Crippen LogP contribution >= 0.6 is 0 Å². The normalized spacial score (nSPS) is 66.3.